The van der Waals surface area contributed by atoms with Gasteiger partial charge in [-0.2, -0.15) is 0 Å². The van der Waals surface area contributed by atoms with Gasteiger partial charge in [-0.3, -0.25) is 0 Å². The van der Waals surface area contributed by atoms with E-state index < -0.39 is 10.0 Å². The van der Waals surface area contributed by atoms with Gasteiger partial charge in [0.05, 0.1) is 0 Å². The molecule has 8 heteroatoms. The first-order valence-corrected chi connectivity index (χ1v) is 9.63. The number of hydrogen-bond acceptors (Lipinski definition) is 4. The molecule has 120 valence electrons. The predicted molar refractivity (Wildman–Crippen MR) is 91.7 cm³/mol. The Balaban J connectivity index is 2.59. The largest absolute Gasteiger partial charge is 0.399 e. The fourth-order valence-corrected chi connectivity index (χ4v) is 5.30. The molecule has 0 aliphatic heterocycles. The average Bonchev–Trinajstić information content (AvgIpc) is 2.31. The summed E-state index contributed by atoms with van der Waals surface area (Å²) >= 11 is 6.46. The van der Waals surface area contributed by atoms with Crippen molar-refractivity contribution >= 4 is 47.6 Å². The molecule has 1 aromatic rings. The zero-order valence-electron chi connectivity index (χ0n) is 12.0. The molecule has 0 radical (unpaired) electrons. The van der Waals surface area contributed by atoms with Crippen LogP contribution < -0.4 is 10.5 Å². The summed E-state index contributed by atoms with van der Waals surface area (Å²) in [7, 11) is -3.60. The Morgan fingerprint density at radius 1 is 1.29 bits per heavy atom. The number of ether oxygens (including phenoxy) is 1. The maximum atomic E-state index is 12.3. The number of sulfonamides is 1. The van der Waals surface area contributed by atoms with Crippen molar-refractivity contribution in [3.63, 3.8) is 0 Å². The van der Waals surface area contributed by atoms with Crippen LogP contribution in [-0.4, -0.2) is 28.2 Å². The first kappa shape index (κ1) is 18.9. The first-order chi connectivity index (χ1) is 9.74. The number of nitrogens with one attached hydrogen (secondary N) is 1. The van der Waals surface area contributed by atoms with Crippen LogP contribution in [0.2, 0.25) is 0 Å². The summed E-state index contributed by atoms with van der Waals surface area (Å²) in [4.78, 5) is 0.153. The molecule has 0 saturated carbocycles. The van der Waals surface area contributed by atoms with Gasteiger partial charge >= 0.3 is 0 Å². The minimum Gasteiger partial charge on any atom is -0.399 e. The summed E-state index contributed by atoms with van der Waals surface area (Å²) < 4.78 is 33.4. The van der Waals surface area contributed by atoms with Gasteiger partial charge in [-0.15, -0.1) is 0 Å². The highest BCUT2D eigenvalue weighted by molar-refractivity contribution is 9.11. The van der Waals surface area contributed by atoms with Crippen LogP contribution in [0.1, 0.15) is 20.3 Å². The molecule has 1 rings (SSSR count). The Morgan fingerprint density at radius 3 is 2.38 bits per heavy atom. The van der Waals surface area contributed by atoms with Crippen LogP contribution in [0.25, 0.3) is 0 Å². The second-order valence-electron chi connectivity index (χ2n) is 5.03. The van der Waals surface area contributed by atoms with Crippen LogP contribution in [0.5, 0.6) is 0 Å². The molecule has 5 nitrogen and oxygen atoms in total. The smallest absolute Gasteiger partial charge is 0.242 e. The van der Waals surface area contributed by atoms with Gasteiger partial charge in [-0.1, -0.05) is 13.8 Å². The van der Waals surface area contributed by atoms with Crippen LogP contribution >= 0.6 is 31.9 Å². The van der Waals surface area contributed by atoms with Crippen molar-refractivity contribution in [3.05, 3.63) is 21.1 Å². The summed E-state index contributed by atoms with van der Waals surface area (Å²) in [6.45, 7) is 5.67. The fourth-order valence-electron chi connectivity index (χ4n) is 1.61. The molecule has 0 atom stereocenters. The molecule has 0 heterocycles. The van der Waals surface area contributed by atoms with E-state index in [0.29, 0.717) is 46.7 Å². The third-order valence-corrected chi connectivity index (χ3v) is 5.84. The van der Waals surface area contributed by atoms with E-state index in [4.69, 9.17) is 10.5 Å². The lowest BCUT2D eigenvalue weighted by atomic mass is 10.2. The molecule has 0 aliphatic carbocycles. The van der Waals surface area contributed by atoms with Crippen molar-refractivity contribution in [2.75, 3.05) is 25.5 Å². The molecule has 0 aliphatic rings. The molecule has 0 fully saturated rings. The van der Waals surface area contributed by atoms with Crippen LogP contribution in [0.3, 0.4) is 0 Å². The number of rotatable bonds is 8. The maximum absolute atomic E-state index is 12.3. The maximum Gasteiger partial charge on any atom is 0.242 e. The number of hydrogen-bond donors (Lipinski definition) is 2. The molecule has 0 amide bonds. The molecule has 0 bridgehead atoms. The summed E-state index contributed by atoms with van der Waals surface area (Å²) in [5.74, 6) is 0.475. The second kappa shape index (κ2) is 8.47. The topological polar surface area (TPSA) is 81.4 Å². The minimum atomic E-state index is -3.60. The number of anilines is 1. The van der Waals surface area contributed by atoms with Gasteiger partial charge in [0.2, 0.25) is 10.0 Å². The van der Waals surface area contributed by atoms with Crippen LogP contribution in [-0.2, 0) is 14.8 Å². The number of nitrogen functional groups attached to an aromatic ring is 1. The Bertz CT molecular complexity index is 554. The molecule has 0 spiro atoms. The molecule has 1 aromatic carbocycles. The van der Waals surface area contributed by atoms with E-state index in [0.717, 1.165) is 0 Å². The first-order valence-electron chi connectivity index (χ1n) is 6.56. The van der Waals surface area contributed by atoms with Crippen LogP contribution in [0.4, 0.5) is 5.69 Å². The number of nitrogens with two attached hydrogens (primary N) is 1. The van der Waals surface area contributed by atoms with Crippen molar-refractivity contribution in [1.29, 1.82) is 0 Å². The minimum absolute atomic E-state index is 0.153. The van der Waals surface area contributed by atoms with Crippen molar-refractivity contribution in [2.45, 2.75) is 25.2 Å². The van der Waals surface area contributed by atoms with Crippen LogP contribution in [0, 0.1) is 5.92 Å². The quantitative estimate of drug-likeness (QED) is 0.477. The third kappa shape index (κ3) is 6.23. The zero-order chi connectivity index (χ0) is 16.0. The van der Waals surface area contributed by atoms with E-state index in [1.54, 1.807) is 12.1 Å². The van der Waals surface area contributed by atoms with Gasteiger partial charge in [-0.25, -0.2) is 13.1 Å². The van der Waals surface area contributed by atoms with E-state index >= 15 is 0 Å². The summed E-state index contributed by atoms with van der Waals surface area (Å²) in [5.41, 5.74) is 6.14. The molecular weight excluding hydrogens is 424 g/mol. The second-order valence-corrected chi connectivity index (χ2v) is 8.45. The number of benzene rings is 1. The lowest BCUT2D eigenvalue weighted by molar-refractivity contribution is 0.108. The average molecular weight is 444 g/mol. The molecular formula is C13H20Br2N2O3S. The SMILES string of the molecule is CC(C)COCCCNS(=O)(=O)c1c(Br)cc(N)cc1Br. The van der Waals surface area contributed by atoms with Gasteiger partial charge < -0.3 is 10.5 Å². The van der Waals surface area contributed by atoms with Crippen LogP contribution in [0.15, 0.2) is 26.0 Å². The third-order valence-electron chi connectivity index (χ3n) is 2.50. The standard InChI is InChI=1S/C13H20Br2N2O3S/c1-9(2)8-20-5-3-4-17-21(18,19)13-11(14)6-10(16)7-12(13)15/h6-7,9,17H,3-5,8,16H2,1-2H3. The lowest BCUT2D eigenvalue weighted by Crippen LogP contribution is -2.26. The Labute approximate surface area is 142 Å². The van der Waals surface area contributed by atoms with Crippen molar-refractivity contribution in [3.8, 4) is 0 Å². The van der Waals surface area contributed by atoms with E-state index in [1.807, 2.05) is 0 Å². The lowest BCUT2D eigenvalue weighted by Gasteiger charge is -2.11. The summed E-state index contributed by atoms with van der Waals surface area (Å²) in [6, 6.07) is 3.12. The van der Waals surface area contributed by atoms with Gasteiger partial charge in [0, 0.05) is 34.4 Å². The normalized spacial score (nSPS) is 12.0. The highest BCUT2D eigenvalue weighted by Crippen LogP contribution is 2.32. The van der Waals surface area contributed by atoms with E-state index in [9.17, 15) is 8.42 Å². The zero-order valence-corrected chi connectivity index (χ0v) is 16.0. The summed E-state index contributed by atoms with van der Waals surface area (Å²) in [5, 5.41) is 0. The molecule has 3 N–H and O–H groups in total. The molecule has 0 saturated heterocycles. The predicted octanol–water partition coefficient (Wildman–Crippen LogP) is 3.13. The highest BCUT2D eigenvalue weighted by Gasteiger charge is 2.21. The Kier molecular flexibility index (Phi) is 7.63. The Morgan fingerprint density at radius 2 is 1.86 bits per heavy atom. The van der Waals surface area contributed by atoms with Gasteiger partial charge in [-0.05, 0) is 56.3 Å². The Hall–Kier alpha value is -0.150. The summed E-state index contributed by atoms with van der Waals surface area (Å²) in [6.07, 6.45) is 0.621. The van der Waals surface area contributed by atoms with Gasteiger partial charge in [0.1, 0.15) is 4.90 Å². The number of halogens is 2. The molecule has 0 unspecified atom stereocenters. The fraction of sp³-hybridized carbons (Fsp3) is 0.538. The van der Waals surface area contributed by atoms with Gasteiger partial charge in [0.15, 0.2) is 0 Å². The molecule has 0 aromatic heterocycles. The van der Waals surface area contributed by atoms with E-state index in [-0.39, 0.29) is 4.90 Å². The monoisotopic (exact) mass is 442 g/mol. The van der Waals surface area contributed by atoms with Crippen molar-refractivity contribution < 1.29 is 13.2 Å². The van der Waals surface area contributed by atoms with Crippen molar-refractivity contribution in [2.24, 2.45) is 5.92 Å². The van der Waals surface area contributed by atoms with Crippen molar-refractivity contribution in [1.82, 2.24) is 4.72 Å². The van der Waals surface area contributed by atoms with E-state index in [1.165, 1.54) is 0 Å². The highest BCUT2D eigenvalue weighted by atomic mass is 79.9. The van der Waals surface area contributed by atoms with E-state index in [2.05, 4.69) is 50.4 Å². The van der Waals surface area contributed by atoms with Gasteiger partial charge in [0.25, 0.3) is 0 Å². The molecule has 21 heavy (non-hydrogen) atoms.